The summed E-state index contributed by atoms with van der Waals surface area (Å²) >= 11 is 0. The summed E-state index contributed by atoms with van der Waals surface area (Å²) in [5.41, 5.74) is 1.19. The number of ether oxygens (including phenoxy) is 1. The molecule has 0 N–H and O–H groups in total. The van der Waals surface area contributed by atoms with Crippen LogP contribution >= 0.6 is 0 Å². The van der Waals surface area contributed by atoms with Crippen LogP contribution in [-0.4, -0.2) is 72.0 Å². The van der Waals surface area contributed by atoms with E-state index in [0.29, 0.717) is 26.2 Å². The second kappa shape index (κ2) is 12.6. The van der Waals surface area contributed by atoms with Crippen LogP contribution in [0, 0.1) is 11.2 Å². The second-order valence-electron chi connectivity index (χ2n) is 12.0. The van der Waals surface area contributed by atoms with E-state index in [1.54, 1.807) is 12.1 Å². The number of carbonyl (C=O) groups is 2. The minimum absolute atomic E-state index is 0.107. The molecule has 2 saturated heterocycles. The number of hydrogen-bond donors (Lipinski definition) is 0. The van der Waals surface area contributed by atoms with Crippen LogP contribution in [0.3, 0.4) is 0 Å². The van der Waals surface area contributed by atoms with Crippen LogP contribution in [0.2, 0.25) is 0 Å². The van der Waals surface area contributed by atoms with Gasteiger partial charge in [-0.05, 0) is 55.9 Å². The largest absolute Gasteiger partial charge is 0.350 e. The molecule has 0 spiro atoms. The number of piperidine rings is 1. The van der Waals surface area contributed by atoms with Gasteiger partial charge in [0.05, 0.1) is 12.0 Å². The van der Waals surface area contributed by atoms with Gasteiger partial charge in [0.15, 0.2) is 0 Å². The van der Waals surface area contributed by atoms with Crippen molar-refractivity contribution in [3.8, 4) is 0 Å². The quantitative estimate of drug-likeness (QED) is 0.463. The summed E-state index contributed by atoms with van der Waals surface area (Å²) in [5.74, 6) is -0.0504. The highest BCUT2D eigenvalue weighted by Gasteiger charge is 2.40. The van der Waals surface area contributed by atoms with E-state index in [2.05, 4.69) is 29.2 Å². The summed E-state index contributed by atoms with van der Waals surface area (Å²) in [5, 5.41) is 0. The third-order valence-corrected chi connectivity index (χ3v) is 8.27. The Kier molecular flexibility index (Phi) is 9.44. The highest BCUT2D eigenvalue weighted by molar-refractivity contribution is 5.81. The number of hydrogen-bond acceptors (Lipinski definition) is 4. The van der Waals surface area contributed by atoms with Gasteiger partial charge in [-0.1, -0.05) is 63.2 Å². The number of amides is 2. The van der Waals surface area contributed by atoms with Crippen molar-refractivity contribution < 1.29 is 18.7 Å². The first-order chi connectivity index (χ1) is 18.6. The van der Waals surface area contributed by atoms with Crippen LogP contribution in [0.5, 0.6) is 0 Å². The van der Waals surface area contributed by atoms with Crippen LogP contribution in [-0.2, 0) is 26.3 Å². The summed E-state index contributed by atoms with van der Waals surface area (Å²) in [7, 11) is 0. The molecule has 39 heavy (non-hydrogen) atoms. The minimum atomic E-state index is -0.423. The lowest BCUT2D eigenvalue weighted by Crippen LogP contribution is -2.52. The first-order valence-corrected chi connectivity index (χ1v) is 14.4. The van der Waals surface area contributed by atoms with Crippen molar-refractivity contribution in [3.63, 3.8) is 0 Å². The lowest BCUT2D eigenvalue weighted by molar-refractivity contribution is -0.175. The summed E-state index contributed by atoms with van der Waals surface area (Å²) in [6.07, 6.45) is 3.82. The van der Waals surface area contributed by atoms with Crippen LogP contribution in [0.15, 0.2) is 54.6 Å². The highest BCUT2D eigenvalue weighted by Crippen LogP contribution is 2.38. The van der Waals surface area contributed by atoms with Crippen molar-refractivity contribution in [2.75, 3.05) is 39.5 Å². The molecule has 4 rings (SSSR count). The summed E-state index contributed by atoms with van der Waals surface area (Å²) in [6, 6.07) is 16.9. The van der Waals surface area contributed by atoms with E-state index >= 15 is 0 Å². The highest BCUT2D eigenvalue weighted by atomic mass is 19.1. The van der Waals surface area contributed by atoms with Gasteiger partial charge in [0.2, 0.25) is 11.8 Å². The molecular formula is C32H44FN3O3. The fourth-order valence-electron chi connectivity index (χ4n) is 5.91. The molecule has 0 radical (unpaired) electrons. The van der Waals surface area contributed by atoms with E-state index in [-0.39, 0.29) is 23.7 Å². The van der Waals surface area contributed by atoms with Gasteiger partial charge < -0.3 is 19.4 Å². The Bertz CT molecular complexity index is 1080. The summed E-state index contributed by atoms with van der Waals surface area (Å²) < 4.78 is 19.8. The number of carbonyl (C=O) groups excluding carboxylic acids is 2. The molecule has 0 aliphatic carbocycles. The first-order valence-electron chi connectivity index (χ1n) is 14.4. The normalized spacial score (nSPS) is 21.1. The molecule has 1 unspecified atom stereocenters. The second-order valence-corrected chi connectivity index (χ2v) is 12.0. The van der Waals surface area contributed by atoms with Crippen molar-refractivity contribution in [1.82, 2.24) is 14.7 Å². The Balaban J connectivity index is 1.33. The zero-order chi connectivity index (χ0) is 28.0. The molecule has 2 amide bonds. The lowest BCUT2D eigenvalue weighted by atomic mass is 9.85. The van der Waals surface area contributed by atoms with Gasteiger partial charge in [-0.3, -0.25) is 9.59 Å². The molecule has 6 nitrogen and oxygen atoms in total. The standard InChI is InChI=1S/C32H44FN3O3/c1-5-36(29(37)23-25-11-13-27(33)14-12-25)28-15-19-34(20-16-28)21-17-32(26-9-7-6-8-10-26)18-22-35(24-39-32)30(38)31(2,3)4/h6-14,28H,5,15-24H2,1-4H3. The van der Waals surface area contributed by atoms with Crippen molar-refractivity contribution in [3.05, 3.63) is 71.5 Å². The third kappa shape index (κ3) is 7.25. The Hall–Kier alpha value is -2.77. The molecule has 2 aromatic rings. The molecule has 2 heterocycles. The lowest BCUT2D eigenvalue weighted by Gasteiger charge is -2.45. The van der Waals surface area contributed by atoms with E-state index in [4.69, 9.17) is 4.74 Å². The van der Waals surface area contributed by atoms with E-state index in [9.17, 15) is 14.0 Å². The molecule has 2 aliphatic heterocycles. The fraction of sp³-hybridized carbons (Fsp3) is 0.562. The Morgan fingerprint density at radius 1 is 1.03 bits per heavy atom. The number of likely N-dealkylation sites (tertiary alicyclic amines) is 1. The summed E-state index contributed by atoms with van der Waals surface area (Å²) in [6.45, 7) is 12.4. The van der Waals surface area contributed by atoms with E-state index in [0.717, 1.165) is 50.9 Å². The molecular weight excluding hydrogens is 493 g/mol. The molecule has 1 atom stereocenters. The van der Waals surface area contributed by atoms with Gasteiger partial charge in [-0.2, -0.15) is 0 Å². The van der Waals surface area contributed by atoms with Crippen molar-refractivity contribution in [2.45, 2.75) is 71.4 Å². The van der Waals surface area contributed by atoms with Gasteiger partial charge >= 0.3 is 0 Å². The first kappa shape index (κ1) is 29.2. The fourth-order valence-corrected chi connectivity index (χ4v) is 5.91. The number of rotatable bonds is 8. The number of halogens is 1. The monoisotopic (exact) mass is 537 g/mol. The summed E-state index contributed by atoms with van der Waals surface area (Å²) in [4.78, 5) is 32.2. The van der Waals surface area contributed by atoms with Crippen LogP contribution in [0.4, 0.5) is 4.39 Å². The minimum Gasteiger partial charge on any atom is -0.350 e. The van der Waals surface area contributed by atoms with Gasteiger partial charge in [0.25, 0.3) is 0 Å². The van der Waals surface area contributed by atoms with E-state index < -0.39 is 11.0 Å². The van der Waals surface area contributed by atoms with E-state index in [1.807, 2.05) is 43.6 Å². The van der Waals surface area contributed by atoms with Crippen molar-refractivity contribution in [2.24, 2.45) is 5.41 Å². The maximum atomic E-state index is 13.2. The molecule has 212 valence electrons. The molecule has 2 fully saturated rings. The van der Waals surface area contributed by atoms with Gasteiger partial charge in [-0.25, -0.2) is 4.39 Å². The smallest absolute Gasteiger partial charge is 0.229 e. The Morgan fingerprint density at radius 3 is 2.26 bits per heavy atom. The van der Waals surface area contributed by atoms with E-state index in [1.165, 1.54) is 17.7 Å². The van der Waals surface area contributed by atoms with Crippen LogP contribution < -0.4 is 0 Å². The zero-order valence-corrected chi connectivity index (χ0v) is 24.0. The topological polar surface area (TPSA) is 53.1 Å². The zero-order valence-electron chi connectivity index (χ0n) is 24.0. The molecule has 2 aliphatic rings. The Morgan fingerprint density at radius 2 is 1.69 bits per heavy atom. The Labute approximate surface area is 233 Å². The maximum absolute atomic E-state index is 13.2. The van der Waals surface area contributed by atoms with Crippen LogP contribution in [0.25, 0.3) is 0 Å². The molecule has 7 heteroatoms. The molecule has 0 bridgehead atoms. The van der Waals surface area contributed by atoms with Crippen molar-refractivity contribution in [1.29, 1.82) is 0 Å². The molecule has 0 saturated carbocycles. The number of likely N-dealkylation sites (N-methyl/N-ethyl adjacent to an activating group) is 1. The third-order valence-electron chi connectivity index (χ3n) is 8.27. The molecule has 0 aromatic heterocycles. The SMILES string of the molecule is CCN(C(=O)Cc1ccc(F)cc1)C1CCN(CCC2(c3ccccc3)CCN(C(=O)C(C)(C)C)CO2)CC1. The number of benzene rings is 2. The molecule has 2 aromatic carbocycles. The van der Waals surface area contributed by atoms with Gasteiger partial charge in [0.1, 0.15) is 12.5 Å². The average molecular weight is 538 g/mol. The number of nitrogens with zero attached hydrogens (tertiary/aromatic N) is 3. The predicted octanol–water partition coefficient (Wildman–Crippen LogP) is 5.22. The average Bonchev–Trinajstić information content (AvgIpc) is 2.94. The van der Waals surface area contributed by atoms with Crippen LogP contribution in [0.1, 0.15) is 64.5 Å². The van der Waals surface area contributed by atoms with Crippen molar-refractivity contribution >= 4 is 11.8 Å². The van der Waals surface area contributed by atoms with Gasteiger partial charge in [-0.15, -0.1) is 0 Å². The maximum Gasteiger partial charge on any atom is 0.229 e. The predicted molar refractivity (Wildman–Crippen MR) is 151 cm³/mol. The van der Waals surface area contributed by atoms with Gasteiger partial charge in [0, 0.05) is 44.2 Å².